The Balaban J connectivity index is 1.74. The van der Waals surface area contributed by atoms with Gasteiger partial charge in [-0.05, 0) is 55.0 Å². The van der Waals surface area contributed by atoms with Gasteiger partial charge in [-0.15, -0.1) is 0 Å². The van der Waals surface area contributed by atoms with Crippen molar-refractivity contribution in [3.05, 3.63) is 83.7 Å². The number of amides is 1. The van der Waals surface area contributed by atoms with Gasteiger partial charge in [0.05, 0.1) is 33.1 Å². The van der Waals surface area contributed by atoms with Crippen LogP contribution in [0.4, 0.5) is 5.13 Å². The van der Waals surface area contributed by atoms with Crippen LogP contribution in [0, 0.1) is 6.92 Å². The van der Waals surface area contributed by atoms with Crippen LogP contribution < -0.4 is 4.90 Å². The second-order valence-electron chi connectivity index (χ2n) is 7.06. The smallest absolute Gasteiger partial charge is 0.260 e. The molecule has 0 unspecified atom stereocenters. The fraction of sp³-hybridized carbons (Fsp3) is 0.174. The Morgan fingerprint density at radius 1 is 1.03 bits per heavy atom. The van der Waals surface area contributed by atoms with Crippen LogP contribution in [0.1, 0.15) is 28.5 Å². The maximum absolute atomic E-state index is 13.5. The summed E-state index contributed by atoms with van der Waals surface area (Å²) in [7, 11) is -3.33. The first-order valence-electron chi connectivity index (χ1n) is 9.80. The lowest BCUT2D eigenvalue weighted by atomic mass is 10.2. The molecule has 0 aliphatic carbocycles. The van der Waals surface area contributed by atoms with Crippen LogP contribution in [-0.4, -0.2) is 30.0 Å². The normalized spacial score (nSPS) is 11.5. The molecule has 4 aromatic rings. The second-order valence-corrected chi connectivity index (χ2v) is 10.3. The van der Waals surface area contributed by atoms with Crippen LogP contribution in [0.5, 0.6) is 0 Å². The number of nitrogens with zero attached hydrogens (tertiary/aromatic N) is 3. The maximum Gasteiger partial charge on any atom is 0.260 e. The van der Waals surface area contributed by atoms with Crippen molar-refractivity contribution < 1.29 is 13.2 Å². The van der Waals surface area contributed by atoms with Gasteiger partial charge in [-0.3, -0.25) is 14.7 Å². The summed E-state index contributed by atoms with van der Waals surface area (Å²) in [6.07, 6.45) is 1.69. The highest BCUT2D eigenvalue weighted by Gasteiger charge is 2.23. The molecule has 0 N–H and O–H groups in total. The highest BCUT2D eigenvalue weighted by atomic mass is 32.2. The van der Waals surface area contributed by atoms with E-state index in [1.54, 1.807) is 30.2 Å². The lowest BCUT2D eigenvalue weighted by molar-refractivity contribution is 0.0984. The van der Waals surface area contributed by atoms with E-state index < -0.39 is 9.84 Å². The minimum absolute atomic E-state index is 0.0111. The molecule has 0 radical (unpaired) electrons. The van der Waals surface area contributed by atoms with Gasteiger partial charge in [0, 0.05) is 11.8 Å². The minimum atomic E-state index is -3.33. The number of pyridine rings is 1. The zero-order chi connectivity index (χ0) is 22.0. The highest BCUT2D eigenvalue weighted by molar-refractivity contribution is 7.91. The van der Waals surface area contributed by atoms with Crippen molar-refractivity contribution in [3.63, 3.8) is 0 Å². The summed E-state index contributed by atoms with van der Waals surface area (Å²) in [6.45, 7) is 3.84. The van der Waals surface area contributed by atoms with E-state index in [0.717, 1.165) is 21.5 Å². The third kappa shape index (κ3) is 4.35. The van der Waals surface area contributed by atoms with Crippen LogP contribution in [0.25, 0.3) is 10.2 Å². The van der Waals surface area contributed by atoms with Gasteiger partial charge in [-0.2, -0.15) is 0 Å². The molecule has 0 atom stereocenters. The molecule has 1 amide bonds. The van der Waals surface area contributed by atoms with Gasteiger partial charge in [0.2, 0.25) is 0 Å². The van der Waals surface area contributed by atoms with Crippen molar-refractivity contribution in [1.29, 1.82) is 0 Å². The van der Waals surface area contributed by atoms with E-state index in [2.05, 4.69) is 4.98 Å². The van der Waals surface area contributed by atoms with Crippen molar-refractivity contribution in [3.8, 4) is 0 Å². The Labute approximate surface area is 185 Å². The van der Waals surface area contributed by atoms with E-state index in [-0.39, 0.29) is 23.1 Å². The lowest BCUT2D eigenvalue weighted by Gasteiger charge is -2.19. The minimum Gasteiger partial charge on any atom is -0.278 e. The SMILES string of the molecule is CCS(=O)(=O)c1ccc(C(=O)N(Cc2ccccn2)c2nc3c(C)cccc3s2)cc1. The number of carbonyl (C=O) groups is 1. The molecule has 8 heteroatoms. The molecular weight excluding hydrogens is 430 g/mol. The Kier molecular flexibility index (Phi) is 5.84. The number of benzene rings is 2. The Morgan fingerprint density at radius 3 is 2.45 bits per heavy atom. The van der Waals surface area contributed by atoms with Gasteiger partial charge in [-0.1, -0.05) is 36.5 Å². The molecule has 0 saturated carbocycles. The zero-order valence-electron chi connectivity index (χ0n) is 17.1. The number of aromatic nitrogens is 2. The molecule has 0 bridgehead atoms. The molecule has 6 nitrogen and oxygen atoms in total. The van der Waals surface area contributed by atoms with Crippen LogP contribution in [0.2, 0.25) is 0 Å². The molecule has 2 heterocycles. The second kappa shape index (κ2) is 8.56. The Bertz CT molecular complexity index is 1330. The summed E-state index contributed by atoms with van der Waals surface area (Å²) >= 11 is 1.44. The molecule has 0 spiro atoms. The molecular formula is C23H21N3O3S2. The van der Waals surface area contributed by atoms with Crippen molar-refractivity contribution in [2.75, 3.05) is 10.7 Å². The zero-order valence-corrected chi connectivity index (χ0v) is 18.8. The standard InChI is InChI=1S/C23H21N3O3S2/c1-3-31(28,29)19-12-10-17(11-13-19)22(27)26(15-18-8-4-5-14-24-18)23-25-21-16(2)7-6-9-20(21)30-23/h4-14H,3,15H2,1-2H3. The number of aryl methyl sites for hydroxylation is 1. The maximum atomic E-state index is 13.5. The predicted molar refractivity (Wildman–Crippen MR) is 123 cm³/mol. The largest absolute Gasteiger partial charge is 0.278 e. The number of anilines is 1. The van der Waals surface area contributed by atoms with Crippen LogP contribution in [-0.2, 0) is 16.4 Å². The first kappa shape index (κ1) is 21.1. The Hall–Kier alpha value is -3.10. The average Bonchev–Trinajstić information content (AvgIpc) is 3.23. The van der Waals surface area contributed by atoms with E-state index >= 15 is 0 Å². The van der Waals surface area contributed by atoms with Crippen molar-refractivity contribution in [2.24, 2.45) is 0 Å². The molecule has 0 aliphatic rings. The number of hydrogen-bond acceptors (Lipinski definition) is 6. The third-order valence-corrected chi connectivity index (χ3v) is 7.77. The summed E-state index contributed by atoms with van der Waals surface area (Å²) in [4.78, 5) is 24.3. The third-order valence-electron chi connectivity index (χ3n) is 4.97. The number of rotatable bonds is 6. The number of thiazole rings is 1. The number of para-hydroxylation sites is 1. The van der Waals surface area contributed by atoms with Crippen LogP contribution >= 0.6 is 11.3 Å². The molecule has 0 saturated heterocycles. The molecule has 0 aliphatic heterocycles. The first-order chi connectivity index (χ1) is 14.9. The van der Waals surface area contributed by atoms with Crippen molar-refractivity contribution in [1.82, 2.24) is 9.97 Å². The monoisotopic (exact) mass is 451 g/mol. The highest BCUT2D eigenvalue weighted by Crippen LogP contribution is 2.32. The van der Waals surface area contributed by atoms with Gasteiger partial charge in [-0.25, -0.2) is 13.4 Å². The first-order valence-corrected chi connectivity index (χ1v) is 12.3. The number of carbonyl (C=O) groups excluding carboxylic acids is 1. The van der Waals surface area contributed by atoms with E-state index in [4.69, 9.17) is 4.98 Å². The van der Waals surface area contributed by atoms with Crippen LogP contribution in [0.15, 0.2) is 71.8 Å². The van der Waals surface area contributed by atoms with Gasteiger partial charge < -0.3 is 0 Å². The Morgan fingerprint density at radius 2 is 1.81 bits per heavy atom. The number of fused-ring (bicyclic) bond motifs is 1. The number of hydrogen-bond donors (Lipinski definition) is 0. The summed E-state index contributed by atoms with van der Waals surface area (Å²) < 4.78 is 25.2. The van der Waals surface area contributed by atoms with Gasteiger partial charge in [0.15, 0.2) is 15.0 Å². The van der Waals surface area contributed by atoms with Gasteiger partial charge in [0.1, 0.15) is 0 Å². The van der Waals surface area contributed by atoms with Crippen molar-refractivity contribution in [2.45, 2.75) is 25.3 Å². The summed E-state index contributed by atoms with van der Waals surface area (Å²) in [5.74, 6) is -0.250. The molecule has 31 heavy (non-hydrogen) atoms. The molecule has 0 fully saturated rings. The molecule has 4 rings (SSSR count). The van der Waals surface area contributed by atoms with E-state index in [9.17, 15) is 13.2 Å². The summed E-state index contributed by atoms with van der Waals surface area (Å²) in [5, 5.41) is 0.574. The average molecular weight is 452 g/mol. The molecule has 158 valence electrons. The fourth-order valence-electron chi connectivity index (χ4n) is 3.20. The molecule has 2 aromatic carbocycles. The van der Waals surface area contributed by atoms with Crippen molar-refractivity contribution >= 4 is 42.4 Å². The van der Waals surface area contributed by atoms with E-state index in [1.807, 2.05) is 43.3 Å². The topological polar surface area (TPSA) is 80.2 Å². The quantitative estimate of drug-likeness (QED) is 0.427. The van der Waals surface area contributed by atoms with Gasteiger partial charge in [0.25, 0.3) is 5.91 Å². The van der Waals surface area contributed by atoms with E-state index in [1.165, 1.54) is 23.5 Å². The molecule has 2 aromatic heterocycles. The summed E-state index contributed by atoms with van der Waals surface area (Å²) in [6, 6.07) is 17.6. The van der Waals surface area contributed by atoms with E-state index in [0.29, 0.717) is 10.7 Å². The number of sulfone groups is 1. The van der Waals surface area contributed by atoms with Gasteiger partial charge >= 0.3 is 0 Å². The summed E-state index contributed by atoms with van der Waals surface area (Å²) in [5.41, 5.74) is 3.03. The van der Waals surface area contributed by atoms with Crippen LogP contribution in [0.3, 0.4) is 0 Å². The fourth-order valence-corrected chi connectivity index (χ4v) is 5.12. The predicted octanol–water partition coefficient (Wildman–Crippen LogP) is 4.64. The lowest BCUT2D eigenvalue weighted by Crippen LogP contribution is -2.30.